The standard InChI is InChI=1S/C21H20N2O4/c1-3-23-20(24)14-27-18-10-9-15(12-19(18)26-2)11-17(13-22)21(25)16-7-5-4-6-8-16/h4-12H,3,14H2,1-2H3,(H,23,24)/b17-11+. The summed E-state index contributed by atoms with van der Waals surface area (Å²) in [6, 6.07) is 15.5. The number of nitrogens with one attached hydrogen (secondary N) is 1. The van der Waals surface area contributed by atoms with E-state index in [9.17, 15) is 14.9 Å². The van der Waals surface area contributed by atoms with Crippen molar-refractivity contribution in [2.24, 2.45) is 0 Å². The van der Waals surface area contributed by atoms with Crippen LogP contribution >= 0.6 is 0 Å². The maximum absolute atomic E-state index is 12.4. The quantitative estimate of drug-likeness (QED) is 0.442. The summed E-state index contributed by atoms with van der Waals surface area (Å²) in [7, 11) is 1.47. The van der Waals surface area contributed by atoms with Crippen molar-refractivity contribution >= 4 is 17.8 Å². The molecule has 27 heavy (non-hydrogen) atoms. The fraction of sp³-hybridized carbons (Fsp3) is 0.190. The van der Waals surface area contributed by atoms with Crippen LogP contribution in [0.25, 0.3) is 6.08 Å². The molecule has 2 aromatic carbocycles. The van der Waals surface area contributed by atoms with E-state index in [0.717, 1.165) is 0 Å². The van der Waals surface area contributed by atoms with Gasteiger partial charge >= 0.3 is 0 Å². The Bertz CT molecular complexity index is 883. The number of ether oxygens (including phenoxy) is 2. The Balaban J connectivity index is 2.22. The lowest BCUT2D eigenvalue weighted by Crippen LogP contribution is -2.28. The van der Waals surface area contributed by atoms with E-state index in [-0.39, 0.29) is 23.9 Å². The summed E-state index contributed by atoms with van der Waals surface area (Å²) in [5, 5.41) is 12.0. The predicted molar refractivity (Wildman–Crippen MR) is 102 cm³/mol. The summed E-state index contributed by atoms with van der Waals surface area (Å²) in [6.45, 7) is 2.22. The Labute approximate surface area is 158 Å². The fourth-order valence-corrected chi connectivity index (χ4v) is 2.34. The zero-order valence-corrected chi connectivity index (χ0v) is 15.2. The number of methoxy groups -OCH3 is 1. The van der Waals surface area contributed by atoms with Crippen LogP contribution in [0.3, 0.4) is 0 Å². The first kappa shape index (κ1) is 19.7. The molecule has 0 aromatic heterocycles. The number of carbonyl (C=O) groups is 2. The molecule has 0 unspecified atom stereocenters. The molecule has 6 heteroatoms. The van der Waals surface area contributed by atoms with E-state index in [0.29, 0.717) is 29.2 Å². The minimum atomic E-state index is -0.353. The molecule has 2 aromatic rings. The predicted octanol–water partition coefficient (Wildman–Crippen LogP) is 3.00. The van der Waals surface area contributed by atoms with E-state index < -0.39 is 0 Å². The molecule has 0 aliphatic heterocycles. The molecule has 1 amide bonds. The maximum atomic E-state index is 12.4. The zero-order chi connectivity index (χ0) is 19.6. The van der Waals surface area contributed by atoms with Crippen LogP contribution in [0.15, 0.2) is 54.1 Å². The van der Waals surface area contributed by atoms with Gasteiger partial charge in [-0.1, -0.05) is 36.4 Å². The van der Waals surface area contributed by atoms with Gasteiger partial charge in [0.2, 0.25) is 5.78 Å². The van der Waals surface area contributed by atoms with Gasteiger partial charge in [-0.05, 0) is 30.7 Å². The SMILES string of the molecule is CCNC(=O)COc1ccc(/C=C(\C#N)C(=O)c2ccccc2)cc1OC. The van der Waals surface area contributed by atoms with Crippen LogP contribution in [0, 0.1) is 11.3 Å². The van der Waals surface area contributed by atoms with E-state index in [1.807, 2.05) is 13.0 Å². The smallest absolute Gasteiger partial charge is 0.257 e. The van der Waals surface area contributed by atoms with Crippen molar-refractivity contribution in [2.45, 2.75) is 6.92 Å². The topological polar surface area (TPSA) is 88.4 Å². The average Bonchev–Trinajstić information content (AvgIpc) is 2.71. The van der Waals surface area contributed by atoms with Gasteiger partial charge in [-0.25, -0.2) is 0 Å². The second-order valence-electron chi connectivity index (χ2n) is 5.52. The first-order valence-corrected chi connectivity index (χ1v) is 8.38. The molecule has 0 atom stereocenters. The monoisotopic (exact) mass is 364 g/mol. The van der Waals surface area contributed by atoms with Crippen LogP contribution in [0.4, 0.5) is 0 Å². The van der Waals surface area contributed by atoms with Gasteiger partial charge in [0.1, 0.15) is 11.6 Å². The second kappa shape index (κ2) is 9.78. The molecule has 0 aliphatic rings. The first-order chi connectivity index (χ1) is 13.1. The third kappa shape index (κ3) is 5.44. The molecular formula is C21H20N2O4. The number of nitrogens with zero attached hydrogens (tertiary/aromatic N) is 1. The lowest BCUT2D eigenvalue weighted by molar-refractivity contribution is -0.123. The number of amides is 1. The molecule has 0 saturated carbocycles. The number of Topliss-reactive ketones (excluding diaryl/α,β-unsaturated/α-hetero) is 1. The molecule has 0 bridgehead atoms. The molecule has 0 aliphatic carbocycles. The summed E-state index contributed by atoms with van der Waals surface area (Å²) < 4.78 is 10.7. The van der Waals surface area contributed by atoms with Gasteiger partial charge in [-0.2, -0.15) is 5.26 Å². The van der Waals surface area contributed by atoms with E-state index in [1.54, 1.807) is 48.5 Å². The van der Waals surface area contributed by atoms with Gasteiger partial charge < -0.3 is 14.8 Å². The molecule has 2 rings (SSSR count). The molecule has 0 saturated heterocycles. The molecule has 1 N–H and O–H groups in total. The lowest BCUT2D eigenvalue weighted by atomic mass is 10.0. The molecular weight excluding hydrogens is 344 g/mol. The second-order valence-corrected chi connectivity index (χ2v) is 5.52. The van der Waals surface area contributed by atoms with Gasteiger partial charge in [0.25, 0.3) is 5.91 Å². The number of likely N-dealkylation sites (N-methyl/N-ethyl adjacent to an activating group) is 1. The number of rotatable bonds is 8. The van der Waals surface area contributed by atoms with Crippen LogP contribution in [0.5, 0.6) is 11.5 Å². The van der Waals surface area contributed by atoms with Crippen LogP contribution < -0.4 is 14.8 Å². The maximum Gasteiger partial charge on any atom is 0.257 e. The summed E-state index contributed by atoms with van der Waals surface area (Å²) in [6.07, 6.45) is 1.49. The number of ketones is 1. The number of nitriles is 1. The van der Waals surface area contributed by atoms with Crippen molar-refractivity contribution in [1.82, 2.24) is 5.32 Å². The third-order valence-electron chi connectivity index (χ3n) is 3.63. The number of allylic oxidation sites excluding steroid dienone is 1. The van der Waals surface area contributed by atoms with E-state index in [2.05, 4.69) is 5.32 Å². The van der Waals surface area contributed by atoms with Crippen LogP contribution in [-0.2, 0) is 4.79 Å². The number of benzene rings is 2. The lowest BCUT2D eigenvalue weighted by Gasteiger charge is -2.11. The molecule has 0 radical (unpaired) electrons. The normalized spacial score (nSPS) is 10.6. The highest BCUT2D eigenvalue weighted by atomic mass is 16.5. The number of carbonyl (C=O) groups excluding carboxylic acids is 2. The summed E-state index contributed by atoms with van der Waals surface area (Å²) in [4.78, 5) is 24.0. The fourth-order valence-electron chi connectivity index (χ4n) is 2.34. The highest BCUT2D eigenvalue weighted by molar-refractivity contribution is 6.14. The van der Waals surface area contributed by atoms with E-state index >= 15 is 0 Å². The minimum absolute atomic E-state index is 0.0132. The van der Waals surface area contributed by atoms with Crippen LogP contribution in [0.1, 0.15) is 22.8 Å². The Morgan fingerprint density at radius 2 is 1.89 bits per heavy atom. The molecule has 138 valence electrons. The van der Waals surface area contributed by atoms with Crippen molar-refractivity contribution in [2.75, 3.05) is 20.3 Å². The van der Waals surface area contributed by atoms with Gasteiger partial charge in [-0.15, -0.1) is 0 Å². The van der Waals surface area contributed by atoms with Crippen molar-refractivity contribution in [3.05, 3.63) is 65.2 Å². The first-order valence-electron chi connectivity index (χ1n) is 8.38. The molecule has 0 fully saturated rings. The van der Waals surface area contributed by atoms with Crippen molar-refractivity contribution in [3.63, 3.8) is 0 Å². The van der Waals surface area contributed by atoms with Crippen LogP contribution in [0.2, 0.25) is 0 Å². The van der Waals surface area contributed by atoms with Crippen LogP contribution in [-0.4, -0.2) is 32.0 Å². The Morgan fingerprint density at radius 1 is 1.15 bits per heavy atom. The number of hydrogen-bond acceptors (Lipinski definition) is 5. The average molecular weight is 364 g/mol. The Kier molecular flexibility index (Phi) is 7.15. The molecule has 6 nitrogen and oxygen atoms in total. The summed E-state index contributed by atoms with van der Waals surface area (Å²) in [5.74, 6) is 0.212. The van der Waals surface area contributed by atoms with Crippen molar-refractivity contribution in [1.29, 1.82) is 5.26 Å². The van der Waals surface area contributed by atoms with E-state index in [4.69, 9.17) is 9.47 Å². The largest absolute Gasteiger partial charge is 0.493 e. The summed E-state index contributed by atoms with van der Waals surface area (Å²) in [5.41, 5.74) is 1.07. The molecule has 0 heterocycles. The van der Waals surface area contributed by atoms with Crippen molar-refractivity contribution in [3.8, 4) is 17.6 Å². The number of hydrogen-bond donors (Lipinski definition) is 1. The Hall–Kier alpha value is -3.59. The van der Waals surface area contributed by atoms with Gasteiger partial charge in [-0.3, -0.25) is 9.59 Å². The minimum Gasteiger partial charge on any atom is -0.493 e. The zero-order valence-electron chi connectivity index (χ0n) is 15.2. The third-order valence-corrected chi connectivity index (χ3v) is 3.63. The summed E-state index contributed by atoms with van der Waals surface area (Å²) >= 11 is 0. The Morgan fingerprint density at radius 3 is 2.52 bits per heavy atom. The molecule has 0 spiro atoms. The van der Waals surface area contributed by atoms with Crippen molar-refractivity contribution < 1.29 is 19.1 Å². The van der Waals surface area contributed by atoms with E-state index in [1.165, 1.54) is 13.2 Å². The van der Waals surface area contributed by atoms with Gasteiger partial charge in [0, 0.05) is 12.1 Å². The highest BCUT2D eigenvalue weighted by Crippen LogP contribution is 2.29. The highest BCUT2D eigenvalue weighted by Gasteiger charge is 2.13. The van der Waals surface area contributed by atoms with Gasteiger partial charge in [0.05, 0.1) is 7.11 Å². The van der Waals surface area contributed by atoms with Gasteiger partial charge in [0.15, 0.2) is 18.1 Å².